The minimum absolute atomic E-state index is 0.0131. The second-order valence-corrected chi connectivity index (χ2v) is 6.75. The molecule has 0 aromatic carbocycles. The number of alkyl halides is 1. The Bertz CT molecular complexity index is 173. The second kappa shape index (κ2) is 8.70. The van der Waals surface area contributed by atoms with Gasteiger partial charge in [0.05, 0.1) is 12.2 Å². The van der Waals surface area contributed by atoms with Gasteiger partial charge in [0.2, 0.25) is 0 Å². The predicted molar refractivity (Wildman–Crippen MR) is 78.0 cm³/mol. The molecule has 0 saturated heterocycles. The molecule has 0 saturated carbocycles. The monoisotopic (exact) mass is 342 g/mol. The Morgan fingerprint density at radius 2 is 1.62 bits per heavy atom. The van der Waals surface area contributed by atoms with Gasteiger partial charge in [-0.1, -0.05) is 56.7 Å². The highest BCUT2D eigenvalue weighted by Crippen LogP contribution is 2.27. The van der Waals surface area contributed by atoms with Gasteiger partial charge in [-0.2, -0.15) is 0 Å². The van der Waals surface area contributed by atoms with Crippen molar-refractivity contribution < 1.29 is 10.2 Å². The fraction of sp³-hybridized carbons (Fsp3) is 1.00. The lowest BCUT2D eigenvalue weighted by Crippen LogP contribution is -2.36. The molecule has 0 aliphatic heterocycles. The van der Waals surface area contributed by atoms with E-state index in [-0.39, 0.29) is 18.1 Å². The van der Waals surface area contributed by atoms with Crippen molar-refractivity contribution in [1.82, 2.24) is 0 Å². The van der Waals surface area contributed by atoms with Crippen LogP contribution in [0.25, 0.3) is 0 Å². The summed E-state index contributed by atoms with van der Waals surface area (Å²) in [4.78, 5) is 0. The van der Waals surface area contributed by atoms with Gasteiger partial charge < -0.3 is 10.2 Å². The summed E-state index contributed by atoms with van der Waals surface area (Å²) >= 11 is 2.41. The third-order valence-electron chi connectivity index (χ3n) is 3.18. The quantitative estimate of drug-likeness (QED) is 0.524. The number of hydrogen-bond donors (Lipinski definition) is 2. The molecule has 16 heavy (non-hydrogen) atoms. The number of rotatable bonds is 8. The second-order valence-electron chi connectivity index (χ2n) is 4.99. The van der Waals surface area contributed by atoms with Gasteiger partial charge in [-0.3, -0.25) is 0 Å². The van der Waals surface area contributed by atoms with Gasteiger partial charge in [0.15, 0.2) is 0 Å². The van der Waals surface area contributed by atoms with Crippen molar-refractivity contribution in [2.75, 3.05) is 0 Å². The molecule has 2 N–H and O–H groups in total. The molecule has 0 spiro atoms. The lowest BCUT2D eigenvalue weighted by molar-refractivity contribution is -0.0163. The summed E-state index contributed by atoms with van der Waals surface area (Å²) in [5, 5.41) is 20.2. The Labute approximate surface area is 114 Å². The van der Waals surface area contributed by atoms with Gasteiger partial charge in [-0.25, -0.2) is 0 Å². The van der Waals surface area contributed by atoms with Gasteiger partial charge in [0, 0.05) is 9.84 Å². The van der Waals surface area contributed by atoms with Crippen molar-refractivity contribution in [3.63, 3.8) is 0 Å². The molecule has 0 radical (unpaired) electrons. The van der Waals surface area contributed by atoms with Crippen LogP contribution in [0, 0.1) is 11.8 Å². The van der Waals surface area contributed by atoms with Crippen LogP contribution in [0.3, 0.4) is 0 Å². The van der Waals surface area contributed by atoms with Crippen molar-refractivity contribution in [3.05, 3.63) is 0 Å². The molecule has 3 heteroatoms. The summed E-state index contributed by atoms with van der Waals surface area (Å²) in [7, 11) is 0. The lowest BCUT2D eigenvalue weighted by Gasteiger charge is -2.31. The van der Waals surface area contributed by atoms with E-state index < -0.39 is 0 Å². The molecular formula is C13H27IO2. The van der Waals surface area contributed by atoms with Crippen LogP contribution < -0.4 is 0 Å². The molecule has 0 amide bonds. The van der Waals surface area contributed by atoms with Crippen LogP contribution >= 0.6 is 22.6 Å². The Kier molecular flexibility index (Phi) is 9.05. The molecule has 0 rings (SSSR count). The molecular weight excluding hydrogens is 315 g/mol. The van der Waals surface area contributed by atoms with Crippen LogP contribution in [0.5, 0.6) is 0 Å². The molecule has 0 aromatic rings. The average Bonchev–Trinajstić information content (AvgIpc) is 2.17. The minimum atomic E-state index is -0.375. The molecule has 0 heterocycles. The molecule has 98 valence electrons. The zero-order valence-electron chi connectivity index (χ0n) is 11.0. The van der Waals surface area contributed by atoms with Gasteiger partial charge in [-0.15, -0.1) is 0 Å². The third-order valence-corrected chi connectivity index (χ3v) is 4.31. The van der Waals surface area contributed by atoms with Crippen molar-refractivity contribution in [2.45, 2.75) is 69.5 Å². The van der Waals surface area contributed by atoms with E-state index in [0.29, 0.717) is 9.84 Å². The average molecular weight is 342 g/mol. The van der Waals surface area contributed by atoms with Gasteiger partial charge in [-0.05, 0) is 25.2 Å². The van der Waals surface area contributed by atoms with Crippen LogP contribution in [0.2, 0.25) is 0 Å². The maximum atomic E-state index is 10.2. The minimum Gasteiger partial charge on any atom is -0.393 e. The first kappa shape index (κ1) is 16.6. The molecule has 0 bridgehead atoms. The molecule has 0 aliphatic rings. The topological polar surface area (TPSA) is 40.5 Å². The molecule has 4 atom stereocenters. The number of aliphatic hydroxyl groups is 2. The summed E-state index contributed by atoms with van der Waals surface area (Å²) in [6.45, 7) is 8.29. The molecule has 0 aliphatic carbocycles. The van der Waals surface area contributed by atoms with Gasteiger partial charge >= 0.3 is 0 Å². The third kappa shape index (κ3) is 5.82. The SMILES string of the molecule is CCCC(I)CC(O)C(C(C)C)C(O)CC. The normalized spacial score (nSPS) is 19.5. The van der Waals surface area contributed by atoms with Crippen LogP contribution in [0.1, 0.15) is 53.4 Å². The highest BCUT2D eigenvalue weighted by atomic mass is 127. The van der Waals surface area contributed by atoms with E-state index in [9.17, 15) is 10.2 Å². The van der Waals surface area contributed by atoms with E-state index in [1.807, 2.05) is 6.92 Å². The predicted octanol–water partition coefficient (Wildman–Crippen LogP) is 3.38. The van der Waals surface area contributed by atoms with Crippen LogP contribution in [-0.4, -0.2) is 26.3 Å². The summed E-state index contributed by atoms with van der Waals surface area (Å²) in [6, 6.07) is 0. The summed E-state index contributed by atoms with van der Waals surface area (Å²) in [5.74, 6) is 0.342. The van der Waals surface area contributed by atoms with Gasteiger partial charge in [0.25, 0.3) is 0 Å². The molecule has 2 nitrogen and oxygen atoms in total. The van der Waals surface area contributed by atoms with E-state index in [1.165, 1.54) is 0 Å². The Morgan fingerprint density at radius 3 is 2.00 bits per heavy atom. The first-order valence-electron chi connectivity index (χ1n) is 6.44. The van der Waals surface area contributed by atoms with Crippen molar-refractivity contribution in [1.29, 1.82) is 0 Å². The first-order valence-corrected chi connectivity index (χ1v) is 7.68. The molecule has 0 aromatic heterocycles. The first-order chi connectivity index (χ1) is 7.43. The van der Waals surface area contributed by atoms with Crippen LogP contribution in [0.15, 0.2) is 0 Å². The Balaban J connectivity index is 4.32. The standard InChI is InChI=1S/C13H27IO2/c1-5-7-10(14)8-12(16)13(9(3)4)11(15)6-2/h9-13,15-16H,5-8H2,1-4H3. The highest BCUT2D eigenvalue weighted by Gasteiger charge is 2.29. The van der Waals surface area contributed by atoms with Crippen LogP contribution in [0.4, 0.5) is 0 Å². The Hall–Kier alpha value is 0.650. The molecule has 0 fully saturated rings. The fourth-order valence-electron chi connectivity index (χ4n) is 2.27. The fourth-order valence-corrected chi connectivity index (χ4v) is 3.41. The highest BCUT2D eigenvalue weighted by molar-refractivity contribution is 14.1. The number of aliphatic hydroxyl groups excluding tert-OH is 2. The maximum absolute atomic E-state index is 10.2. The summed E-state index contributed by atoms with van der Waals surface area (Å²) in [5.41, 5.74) is 0. The van der Waals surface area contributed by atoms with E-state index in [1.54, 1.807) is 0 Å². The lowest BCUT2D eigenvalue weighted by atomic mass is 9.82. The zero-order chi connectivity index (χ0) is 12.7. The van der Waals surface area contributed by atoms with E-state index in [2.05, 4.69) is 43.4 Å². The molecule has 4 unspecified atom stereocenters. The summed E-state index contributed by atoms with van der Waals surface area (Å²) < 4.78 is 0.517. The van der Waals surface area contributed by atoms with Crippen molar-refractivity contribution in [2.24, 2.45) is 11.8 Å². The summed E-state index contributed by atoms with van der Waals surface area (Å²) in [6.07, 6.45) is 3.07. The Morgan fingerprint density at radius 1 is 1.06 bits per heavy atom. The van der Waals surface area contributed by atoms with Crippen molar-refractivity contribution in [3.8, 4) is 0 Å². The number of halogens is 1. The largest absolute Gasteiger partial charge is 0.393 e. The van der Waals surface area contributed by atoms with E-state index in [0.717, 1.165) is 25.7 Å². The van der Waals surface area contributed by atoms with Crippen molar-refractivity contribution >= 4 is 22.6 Å². The smallest absolute Gasteiger partial charge is 0.0605 e. The number of hydrogen-bond acceptors (Lipinski definition) is 2. The van der Waals surface area contributed by atoms with E-state index >= 15 is 0 Å². The zero-order valence-corrected chi connectivity index (χ0v) is 13.1. The maximum Gasteiger partial charge on any atom is 0.0605 e. The van der Waals surface area contributed by atoms with Crippen LogP contribution in [-0.2, 0) is 0 Å². The van der Waals surface area contributed by atoms with Gasteiger partial charge in [0.1, 0.15) is 0 Å². The van der Waals surface area contributed by atoms with E-state index in [4.69, 9.17) is 0 Å².